The van der Waals surface area contributed by atoms with E-state index in [4.69, 9.17) is 10.5 Å². The van der Waals surface area contributed by atoms with Gasteiger partial charge in [-0.3, -0.25) is 4.98 Å². The van der Waals surface area contributed by atoms with Gasteiger partial charge in [-0.15, -0.1) is 0 Å². The largest absolute Gasteiger partial charge is 0.382 e. The number of nitrogen functional groups attached to an aromatic ring is 1. The Kier molecular flexibility index (Phi) is 2.48. The number of imidazole rings is 1. The predicted octanol–water partition coefficient (Wildman–Crippen LogP) is 1.20. The Morgan fingerprint density at radius 3 is 3.12 bits per heavy atom. The quantitative estimate of drug-likeness (QED) is 0.845. The van der Waals surface area contributed by atoms with Gasteiger partial charge in [-0.1, -0.05) is 0 Å². The second-order valence-electron chi connectivity index (χ2n) is 4.66. The minimum absolute atomic E-state index is 0.543. The van der Waals surface area contributed by atoms with Gasteiger partial charge >= 0.3 is 0 Å². The number of aryl methyl sites for hydroxylation is 1. The van der Waals surface area contributed by atoms with E-state index < -0.39 is 0 Å². The molecule has 0 spiro atoms. The molecule has 1 saturated heterocycles. The minimum atomic E-state index is 0.543. The third kappa shape index (κ3) is 1.98. The molecule has 1 unspecified atom stereocenters. The van der Waals surface area contributed by atoms with Crippen molar-refractivity contribution < 1.29 is 4.74 Å². The third-order valence-electron chi connectivity index (χ3n) is 3.15. The van der Waals surface area contributed by atoms with Crippen molar-refractivity contribution in [2.75, 3.05) is 18.9 Å². The Labute approximate surface area is 99.6 Å². The first kappa shape index (κ1) is 10.5. The SMILES string of the molecule is Cc1cn2cc(N)nc2c(CC2CCOC2)n1. The maximum Gasteiger partial charge on any atom is 0.161 e. The van der Waals surface area contributed by atoms with Gasteiger partial charge in [0.25, 0.3) is 0 Å². The Bertz CT molecular complexity index is 543. The van der Waals surface area contributed by atoms with Crippen LogP contribution in [0.2, 0.25) is 0 Å². The molecule has 17 heavy (non-hydrogen) atoms. The van der Waals surface area contributed by atoms with Crippen molar-refractivity contribution in [3.8, 4) is 0 Å². The second kappa shape index (κ2) is 4.00. The van der Waals surface area contributed by atoms with E-state index in [0.29, 0.717) is 11.7 Å². The van der Waals surface area contributed by atoms with Crippen molar-refractivity contribution in [1.29, 1.82) is 0 Å². The molecule has 0 saturated carbocycles. The molecule has 5 heteroatoms. The number of nitrogens with two attached hydrogens (primary N) is 1. The second-order valence-corrected chi connectivity index (χ2v) is 4.66. The Morgan fingerprint density at radius 1 is 1.47 bits per heavy atom. The Balaban J connectivity index is 2.01. The van der Waals surface area contributed by atoms with E-state index in [1.165, 1.54) is 0 Å². The fraction of sp³-hybridized carbons (Fsp3) is 0.500. The van der Waals surface area contributed by atoms with Crippen LogP contribution in [0.3, 0.4) is 0 Å². The van der Waals surface area contributed by atoms with E-state index in [0.717, 1.165) is 43.1 Å². The van der Waals surface area contributed by atoms with Crippen molar-refractivity contribution in [3.05, 3.63) is 23.8 Å². The monoisotopic (exact) mass is 232 g/mol. The summed E-state index contributed by atoms with van der Waals surface area (Å²) in [5.74, 6) is 1.10. The summed E-state index contributed by atoms with van der Waals surface area (Å²) in [6.07, 6.45) is 5.81. The van der Waals surface area contributed by atoms with Crippen LogP contribution in [-0.4, -0.2) is 27.6 Å². The normalized spacial score (nSPS) is 20.2. The fourth-order valence-corrected chi connectivity index (χ4v) is 2.37. The van der Waals surface area contributed by atoms with Gasteiger partial charge < -0.3 is 14.9 Å². The lowest BCUT2D eigenvalue weighted by molar-refractivity contribution is 0.185. The first-order chi connectivity index (χ1) is 8.22. The van der Waals surface area contributed by atoms with Crippen LogP contribution in [0.5, 0.6) is 0 Å². The summed E-state index contributed by atoms with van der Waals surface area (Å²) in [5.41, 5.74) is 8.62. The van der Waals surface area contributed by atoms with E-state index in [1.807, 2.05) is 23.7 Å². The molecule has 0 amide bonds. The molecule has 90 valence electrons. The van der Waals surface area contributed by atoms with Crippen molar-refractivity contribution in [2.45, 2.75) is 19.8 Å². The number of nitrogens with zero attached hydrogens (tertiary/aromatic N) is 3. The molecule has 1 aliphatic heterocycles. The van der Waals surface area contributed by atoms with Gasteiger partial charge in [0.2, 0.25) is 0 Å². The van der Waals surface area contributed by atoms with E-state index in [2.05, 4.69) is 9.97 Å². The Morgan fingerprint density at radius 2 is 2.35 bits per heavy atom. The smallest absolute Gasteiger partial charge is 0.161 e. The molecule has 2 aromatic heterocycles. The van der Waals surface area contributed by atoms with Crippen LogP contribution in [0.15, 0.2) is 12.4 Å². The highest BCUT2D eigenvalue weighted by Gasteiger charge is 2.19. The first-order valence-electron chi connectivity index (χ1n) is 5.91. The molecule has 1 aliphatic rings. The van der Waals surface area contributed by atoms with Crippen molar-refractivity contribution in [2.24, 2.45) is 5.92 Å². The molecule has 5 nitrogen and oxygen atoms in total. The van der Waals surface area contributed by atoms with Crippen molar-refractivity contribution in [3.63, 3.8) is 0 Å². The van der Waals surface area contributed by atoms with Gasteiger partial charge in [-0.2, -0.15) is 0 Å². The van der Waals surface area contributed by atoms with Gasteiger partial charge in [0.1, 0.15) is 5.82 Å². The number of fused-ring (bicyclic) bond motifs is 1. The van der Waals surface area contributed by atoms with E-state index in [1.54, 1.807) is 0 Å². The number of anilines is 1. The van der Waals surface area contributed by atoms with Crippen molar-refractivity contribution in [1.82, 2.24) is 14.4 Å². The van der Waals surface area contributed by atoms with Gasteiger partial charge in [-0.25, -0.2) is 4.98 Å². The molecule has 2 N–H and O–H groups in total. The molecular weight excluding hydrogens is 216 g/mol. The number of aromatic nitrogens is 3. The van der Waals surface area contributed by atoms with E-state index >= 15 is 0 Å². The molecular formula is C12H16N4O. The topological polar surface area (TPSA) is 65.4 Å². The molecule has 2 aromatic rings. The standard InChI is InChI=1S/C12H16N4O/c1-8-5-16-6-11(13)15-12(16)10(14-8)4-9-2-3-17-7-9/h5-6,9H,2-4,7,13H2,1H3. The molecule has 1 fully saturated rings. The zero-order valence-corrected chi connectivity index (χ0v) is 9.89. The lowest BCUT2D eigenvalue weighted by Crippen LogP contribution is -2.08. The summed E-state index contributed by atoms with van der Waals surface area (Å²) >= 11 is 0. The fourth-order valence-electron chi connectivity index (χ4n) is 2.37. The lowest BCUT2D eigenvalue weighted by atomic mass is 10.0. The van der Waals surface area contributed by atoms with Crippen LogP contribution in [0.25, 0.3) is 5.65 Å². The van der Waals surface area contributed by atoms with E-state index in [-0.39, 0.29) is 0 Å². The third-order valence-corrected chi connectivity index (χ3v) is 3.15. The predicted molar refractivity (Wildman–Crippen MR) is 64.8 cm³/mol. The lowest BCUT2D eigenvalue weighted by Gasteiger charge is -2.08. The average molecular weight is 232 g/mol. The molecule has 3 rings (SSSR count). The maximum atomic E-state index is 5.73. The van der Waals surface area contributed by atoms with Crippen LogP contribution >= 0.6 is 0 Å². The van der Waals surface area contributed by atoms with Gasteiger partial charge in [0.05, 0.1) is 17.6 Å². The van der Waals surface area contributed by atoms with Gasteiger partial charge in [0, 0.05) is 19.4 Å². The minimum Gasteiger partial charge on any atom is -0.382 e. The molecule has 0 radical (unpaired) electrons. The van der Waals surface area contributed by atoms with E-state index in [9.17, 15) is 0 Å². The molecule has 0 aromatic carbocycles. The summed E-state index contributed by atoms with van der Waals surface area (Å²) in [6, 6.07) is 0. The zero-order chi connectivity index (χ0) is 11.8. The van der Waals surface area contributed by atoms with Crippen LogP contribution in [0.1, 0.15) is 17.8 Å². The molecule has 0 aliphatic carbocycles. The zero-order valence-electron chi connectivity index (χ0n) is 9.89. The summed E-state index contributed by atoms with van der Waals surface area (Å²) in [4.78, 5) is 8.92. The summed E-state index contributed by atoms with van der Waals surface area (Å²) in [5, 5.41) is 0. The number of ether oxygens (including phenoxy) is 1. The highest BCUT2D eigenvalue weighted by Crippen LogP contribution is 2.20. The summed E-state index contributed by atoms with van der Waals surface area (Å²) in [6.45, 7) is 3.69. The summed E-state index contributed by atoms with van der Waals surface area (Å²) in [7, 11) is 0. The highest BCUT2D eigenvalue weighted by molar-refractivity contribution is 5.50. The van der Waals surface area contributed by atoms with Crippen LogP contribution in [0.4, 0.5) is 5.82 Å². The van der Waals surface area contributed by atoms with Crippen LogP contribution < -0.4 is 5.73 Å². The van der Waals surface area contributed by atoms with Crippen LogP contribution in [-0.2, 0) is 11.2 Å². The van der Waals surface area contributed by atoms with Gasteiger partial charge in [0.15, 0.2) is 5.65 Å². The van der Waals surface area contributed by atoms with Crippen LogP contribution in [0, 0.1) is 12.8 Å². The molecule has 0 bridgehead atoms. The Hall–Kier alpha value is -1.62. The highest BCUT2D eigenvalue weighted by atomic mass is 16.5. The number of hydrogen-bond acceptors (Lipinski definition) is 4. The van der Waals surface area contributed by atoms with Crippen molar-refractivity contribution >= 4 is 11.5 Å². The van der Waals surface area contributed by atoms with Gasteiger partial charge in [-0.05, 0) is 25.7 Å². The number of rotatable bonds is 2. The molecule has 1 atom stereocenters. The molecule has 3 heterocycles. The summed E-state index contributed by atoms with van der Waals surface area (Å²) < 4.78 is 7.36. The number of hydrogen-bond donors (Lipinski definition) is 1. The average Bonchev–Trinajstić information content (AvgIpc) is 2.86. The maximum absolute atomic E-state index is 5.73. The first-order valence-corrected chi connectivity index (χ1v) is 5.91.